The Kier molecular flexibility index (Phi) is 5.47. The summed E-state index contributed by atoms with van der Waals surface area (Å²) in [5.74, 6) is 0.153. The second kappa shape index (κ2) is 8.07. The zero-order chi connectivity index (χ0) is 21.4. The molecule has 1 N–H and O–H groups in total. The first-order valence-electron chi connectivity index (χ1n) is 10.1. The number of carbonyl (C=O) groups is 2. The Morgan fingerprint density at radius 1 is 1.20 bits per heavy atom. The van der Waals surface area contributed by atoms with Crippen LogP contribution < -0.4 is 5.32 Å². The van der Waals surface area contributed by atoms with E-state index in [4.69, 9.17) is 0 Å². The average Bonchev–Trinajstić information content (AvgIpc) is 3.47. The highest BCUT2D eigenvalue weighted by molar-refractivity contribution is 7.18. The van der Waals surface area contributed by atoms with Crippen molar-refractivity contribution in [2.75, 3.05) is 12.4 Å². The molecule has 0 unspecified atom stereocenters. The number of amides is 2. The number of aromatic nitrogens is 2. The molecule has 156 valence electrons. The number of para-hydroxylation sites is 1. The van der Waals surface area contributed by atoms with Gasteiger partial charge in [0.1, 0.15) is 0 Å². The van der Waals surface area contributed by atoms with Crippen LogP contribution in [-0.4, -0.2) is 33.5 Å². The molecule has 3 aromatic rings. The van der Waals surface area contributed by atoms with Crippen LogP contribution in [0.4, 0.5) is 5.00 Å². The zero-order valence-corrected chi connectivity index (χ0v) is 18.5. The minimum atomic E-state index is -0.0457. The minimum absolute atomic E-state index is 0.0457. The van der Waals surface area contributed by atoms with Crippen LogP contribution in [0, 0.1) is 26.7 Å². The smallest absolute Gasteiger partial charge is 0.264 e. The zero-order valence-electron chi connectivity index (χ0n) is 17.7. The number of hydrogen-bond donors (Lipinski definition) is 1. The van der Waals surface area contributed by atoms with Crippen LogP contribution in [0.3, 0.4) is 0 Å². The summed E-state index contributed by atoms with van der Waals surface area (Å²) in [7, 11) is 1.81. The summed E-state index contributed by atoms with van der Waals surface area (Å²) in [6.45, 7) is 6.39. The molecule has 2 aromatic heterocycles. The Morgan fingerprint density at radius 3 is 2.57 bits per heavy atom. The molecule has 1 aliphatic rings. The Hall–Kier alpha value is -2.93. The lowest BCUT2D eigenvalue weighted by Crippen LogP contribution is -2.26. The van der Waals surface area contributed by atoms with Gasteiger partial charge < -0.3 is 10.2 Å². The van der Waals surface area contributed by atoms with Gasteiger partial charge in [-0.15, -0.1) is 11.3 Å². The van der Waals surface area contributed by atoms with E-state index in [2.05, 4.69) is 10.4 Å². The van der Waals surface area contributed by atoms with Gasteiger partial charge in [-0.1, -0.05) is 18.2 Å². The van der Waals surface area contributed by atoms with E-state index in [1.54, 1.807) is 4.90 Å². The van der Waals surface area contributed by atoms with Crippen molar-refractivity contribution < 1.29 is 9.59 Å². The normalized spacial score (nSPS) is 13.3. The molecule has 4 rings (SSSR count). The SMILES string of the molecule is Cc1cc(NC(=O)C2CC2)sc1C(=O)N(C)Cc1c(C)nn(-c2ccccc2)c1C. The van der Waals surface area contributed by atoms with Crippen molar-refractivity contribution in [2.45, 2.75) is 40.2 Å². The number of benzene rings is 1. The number of hydrogen-bond acceptors (Lipinski definition) is 4. The molecule has 2 heterocycles. The van der Waals surface area contributed by atoms with Crippen molar-refractivity contribution in [2.24, 2.45) is 5.92 Å². The highest BCUT2D eigenvalue weighted by Gasteiger charge is 2.30. The van der Waals surface area contributed by atoms with Gasteiger partial charge in [-0.3, -0.25) is 9.59 Å². The molecule has 30 heavy (non-hydrogen) atoms. The number of anilines is 1. The largest absolute Gasteiger partial charge is 0.337 e. The first-order chi connectivity index (χ1) is 14.3. The third-order valence-electron chi connectivity index (χ3n) is 5.49. The molecule has 0 spiro atoms. The molecule has 0 bridgehead atoms. The van der Waals surface area contributed by atoms with Gasteiger partial charge >= 0.3 is 0 Å². The van der Waals surface area contributed by atoms with Gasteiger partial charge in [-0.2, -0.15) is 5.10 Å². The van der Waals surface area contributed by atoms with Crippen LogP contribution in [0.15, 0.2) is 36.4 Å². The summed E-state index contributed by atoms with van der Waals surface area (Å²) in [6, 6.07) is 11.9. The number of thiophene rings is 1. The van der Waals surface area contributed by atoms with Gasteiger partial charge in [-0.25, -0.2) is 4.68 Å². The lowest BCUT2D eigenvalue weighted by Gasteiger charge is -2.17. The summed E-state index contributed by atoms with van der Waals surface area (Å²) < 4.78 is 1.92. The Bertz CT molecular complexity index is 1100. The standard InChI is InChI=1S/C23H26N4O2S/c1-14-12-20(24-22(28)17-10-11-17)30-21(14)23(29)26(4)13-19-15(2)25-27(16(19)3)18-8-6-5-7-9-18/h5-9,12,17H,10-11,13H2,1-4H3,(H,24,28). The number of aryl methyl sites for hydroxylation is 2. The average molecular weight is 423 g/mol. The molecular weight excluding hydrogens is 396 g/mol. The van der Waals surface area contributed by atoms with Crippen LogP contribution in [0.5, 0.6) is 0 Å². The van der Waals surface area contributed by atoms with Crippen LogP contribution in [0.1, 0.15) is 45.0 Å². The topological polar surface area (TPSA) is 67.2 Å². The van der Waals surface area contributed by atoms with Crippen LogP contribution in [0.2, 0.25) is 0 Å². The second-order valence-electron chi connectivity index (χ2n) is 7.94. The molecule has 0 atom stereocenters. The number of carbonyl (C=O) groups excluding carboxylic acids is 2. The lowest BCUT2D eigenvalue weighted by atomic mass is 10.1. The van der Waals surface area contributed by atoms with Gasteiger partial charge in [0.2, 0.25) is 5.91 Å². The summed E-state index contributed by atoms with van der Waals surface area (Å²) in [5, 5.41) is 8.36. The second-order valence-corrected chi connectivity index (χ2v) is 9.00. The predicted molar refractivity (Wildman–Crippen MR) is 119 cm³/mol. The third kappa shape index (κ3) is 4.03. The molecule has 2 amide bonds. The maximum atomic E-state index is 13.1. The van der Waals surface area contributed by atoms with Gasteiger partial charge in [0.05, 0.1) is 21.3 Å². The maximum absolute atomic E-state index is 13.1. The van der Waals surface area contributed by atoms with E-state index in [-0.39, 0.29) is 17.7 Å². The van der Waals surface area contributed by atoms with Crippen molar-refractivity contribution >= 4 is 28.2 Å². The fourth-order valence-corrected chi connectivity index (χ4v) is 4.60. The van der Waals surface area contributed by atoms with Crippen LogP contribution >= 0.6 is 11.3 Å². The first-order valence-corrected chi connectivity index (χ1v) is 10.9. The van der Waals surface area contributed by atoms with E-state index >= 15 is 0 Å². The van der Waals surface area contributed by atoms with E-state index < -0.39 is 0 Å². The van der Waals surface area contributed by atoms with Crippen molar-refractivity contribution in [3.63, 3.8) is 0 Å². The summed E-state index contributed by atoms with van der Waals surface area (Å²) in [4.78, 5) is 27.5. The van der Waals surface area contributed by atoms with E-state index in [0.29, 0.717) is 11.4 Å². The number of nitrogens with one attached hydrogen (secondary N) is 1. The Balaban J connectivity index is 1.51. The van der Waals surface area contributed by atoms with Gasteiger partial charge in [0, 0.05) is 30.8 Å². The first kappa shape index (κ1) is 20.3. The highest BCUT2D eigenvalue weighted by Crippen LogP contribution is 2.33. The summed E-state index contributed by atoms with van der Waals surface area (Å²) in [5.41, 5.74) is 4.88. The molecule has 0 aliphatic heterocycles. The molecule has 1 fully saturated rings. The Labute approximate surface area is 180 Å². The summed E-state index contributed by atoms with van der Waals surface area (Å²) >= 11 is 1.35. The molecule has 0 radical (unpaired) electrons. The van der Waals surface area contributed by atoms with E-state index in [1.165, 1.54) is 11.3 Å². The van der Waals surface area contributed by atoms with E-state index in [9.17, 15) is 9.59 Å². The van der Waals surface area contributed by atoms with Crippen LogP contribution in [-0.2, 0) is 11.3 Å². The van der Waals surface area contributed by atoms with Crippen molar-refractivity contribution in [3.05, 3.63) is 63.8 Å². The Morgan fingerprint density at radius 2 is 1.90 bits per heavy atom. The van der Waals surface area contributed by atoms with Crippen LogP contribution in [0.25, 0.3) is 5.69 Å². The number of rotatable bonds is 6. The van der Waals surface area contributed by atoms with Gasteiger partial charge in [0.25, 0.3) is 5.91 Å². The molecule has 0 saturated heterocycles. The van der Waals surface area contributed by atoms with Crippen molar-refractivity contribution in [1.82, 2.24) is 14.7 Å². The fourth-order valence-electron chi connectivity index (χ4n) is 3.53. The van der Waals surface area contributed by atoms with Crippen molar-refractivity contribution in [3.8, 4) is 5.69 Å². The quantitative estimate of drug-likeness (QED) is 0.637. The minimum Gasteiger partial charge on any atom is -0.337 e. The predicted octanol–water partition coefficient (Wildman–Crippen LogP) is 4.48. The molecule has 1 aromatic carbocycles. The van der Waals surface area contributed by atoms with E-state index in [1.807, 2.05) is 68.9 Å². The van der Waals surface area contributed by atoms with Gasteiger partial charge in [-0.05, 0) is 57.4 Å². The number of nitrogens with zero attached hydrogens (tertiary/aromatic N) is 3. The maximum Gasteiger partial charge on any atom is 0.264 e. The third-order valence-corrected chi connectivity index (χ3v) is 6.63. The molecular formula is C23H26N4O2S. The molecule has 1 aliphatic carbocycles. The molecule has 6 nitrogen and oxygen atoms in total. The monoisotopic (exact) mass is 422 g/mol. The van der Waals surface area contributed by atoms with Crippen molar-refractivity contribution in [1.29, 1.82) is 0 Å². The molecule has 7 heteroatoms. The lowest BCUT2D eigenvalue weighted by molar-refractivity contribution is -0.117. The highest BCUT2D eigenvalue weighted by atomic mass is 32.1. The fraction of sp³-hybridized carbons (Fsp3) is 0.348. The van der Waals surface area contributed by atoms with E-state index in [0.717, 1.165) is 46.0 Å². The summed E-state index contributed by atoms with van der Waals surface area (Å²) in [6.07, 6.45) is 1.92. The molecule has 1 saturated carbocycles. The van der Waals surface area contributed by atoms with Gasteiger partial charge in [0.15, 0.2) is 0 Å².